The second-order valence-electron chi connectivity index (χ2n) is 4.65. The number of hydrogen-bond donors (Lipinski definition) is 0. The Labute approximate surface area is 129 Å². The Hall–Kier alpha value is -3.18. The minimum absolute atomic E-state index is 0.425. The number of carbonyl (C=O) groups is 2. The number of nitrogens with zero attached hydrogens (tertiary/aromatic N) is 8. The van der Waals surface area contributed by atoms with Crippen LogP contribution in [0.25, 0.3) is 0 Å². The van der Waals surface area contributed by atoms with E-state index in [4.69, 9.17) is 9.68 Å². The number of aryl methyl sites for hydroxylation is 2. The van der Waals surface area contributed by atoms with Gasteiger partial charge in [-0.15, -0.1) is 10.2 Å². The third-order valence-electron chi connectivity index (χ3n) is 3.01. The fraction of sp³-hybridized carbons (Fsp3) is 0.455. The van der Waals surface area contributed by atoms with Crippen molar-refractivity contribution in [2.24, 2.45) is 0 Å². The van der Waals surface area contributed by atoms with Crippen LogP contribution < -0.4 is 9.68 Å². The van der Waals surface area contributed by atoms with Crippen LogP contribution in [0, 0.1) is 0 Å². The van der Waals surface area contributed by atoms with Gasteiger partial charge in [0.05, 0.1) is 0 Å². The summed E-state index contributed by atoms with van der Waals surface area (Å²) in [6.45, 7) is 0. The zero-order chi connectivity index (χ0) is 16.1. The van der Waals surface area contributed by atoms with Crippen LogP contribution in [0.4, 0.5) is 0 Å². The molecule has 3 heterocycles. The lowest BCUT2D eigenvalue weighted by Crippen LogP contribution is -2.23. The third-order valence-corrected chi connectivity index (χ3v) is 3.01. The van der Waals surface area contributed by atoms with Gasteiger partial charge >= 0.3 is 11.9 Å². The number of tetrazole rings is 2. The Bertz CT molecular complexity index is 676. The van der Waals surface area contributed by atoms with Gasteiger partial charge in [0.2, 0.25) is 0 Å². The summed E-state index contributed by atoms with van der Waals surface area (Å²) in [7, 11) is 0. The molecule has 0 saturated heterocycles. The van der Waals surface area contributed by atoms with Crippen LogP contribution in [-0.4, -0.2) is 52.7 Å². The quantitative estimate of drug-likeness (QED) is 0.505. The van der Waals surface area contributed by atoms with E-state index in [0.29, 0.717) is 24.5 Å². The first-order chi connectivity index (χ1) is 11.2. The Kier molecular flexibility index (Phi) is 4.31. The van der Waals surface area contributed by atoms with Crippen LogP contribution in [0.15, 0.2) is 12.2 Å². The van der Waals surface area contributed by atoms with Crippen molar-refractivity contribution >= 4 is 11.9 Å². The van der Waals surface area contributed by atoms with E-state index >= 15 is 0 Å². The van der Waals surface area contributed by atoms with Crippen LogP contribution in [0.2, 0.25) is 0 Å². The first-order valence-corrected chi connectivity index (χ1v) is 6.89. The zero-order valence-corrected chi connectivity index (χ0v) is 11.9. The van der Waals surface area contributed by atoms with Crippen molar-refractivity contribution in [1.29, 1.82) is 0 Å². The first kappa shape index (κ1) is 14.7. The van der Waals surface area contributed by atoms with Gasteiger partial charge in [0.15, 0.2) is 11.6 Å². The molecular weight excluding hydrogens is 308 g/mol. The van der Waals surface area contributed by atoms with E-state index in [1.54, 1.807) is 0 Å². The summed E-state index contributed by atoms with van der Waals surface area (Å²) in [5.74, 6) is -0.785. The monoisotopic (exact) mass is 320 g/mol. The van der Waals surface area contributed by atoms with Crippen LogP contribution in [0.5, 0.6) is 0 Å². The van der Waals surface area contributed by atoms with Gasteiger partial charge in [0.1, 0.15) is 0 Å². The molecule has 0 spiro atoms. The van der Waals surface area contributed by atoms with E-state index < -0.39 is 11.9 Å². The molecular formula is C11H12N8O4. The van der Waals surface area contributed by atoms with Crippen molar-refractivity contribution in [3.8, 4) is 0 Å². The molecule has 0 aromatic carbocycles. The summed E-state index contributed by atoms with van der Waals surface area (Å²) in [6, 6.07) is 0. The highest BCUT2D eigenvalue weighted by molar-refractivity contribution is 5.91. The smallest absolute Gasteiger partial charge is 0.311 e. The summed E-state index contributed by atoms with van der Waals surface area (Å²) in [5.41, 5.74) is 0. The van der Waals surface area contributed by atoms with Crippen LogP contribution in [0.3, 0.4) is 0 Å². The minimum atomic E-state index is -0.817. The van der Waals surface area contributed by atoms with Gasteiger partial charge in [-0.05, 0) is 33.7 Å². The van der Waals surface area contributed by atoms with E-state index in [-0.39, 0.29) is 0 Å². The predicted molar refractivity (Wildman–Crippen MR) is 69.2 cm³/mol. The molecule has 0 aliphatic carbocycles. The van der Waals surface area contributed by atoms with E-state index in [1.807, 2.05) is 0 Å². The SMILES string of the molecule is O=C1/C=C\C(=O)On2nnnc2CCCCCc2nnnn2O1. The van der Waals surface area contributed by atoms with Crippen molar-refractivity contribution in [2.45, 2.75) is 32.1 Å². The average Bonchev–Trinajstić information content (AvgIpc) is 3.14. The summed E-state index contributed by atoms with van der Waals surface area (Å²) in [4.78, 5) is 35.0. The van der Waals surface area contributed by atoms with E-state index in [1.165, 1.54) is 0 Å². The van der Waals surface area contributed by atoms with E-state index in [2.05, 4.69) is 31.1 Å². The van der Waals surface area contributed by atoms with Crippen molar-refractivity contribution in [2.75, 3.05) is 0 Å². The highest BCUT2D eigenvalue weighted by Crippen LogP contribution is 2.06. The Morgan fingerprint density at radius 2 is 1.26 bits per heavy atom. The maximum absolute atomic E-state index is 11.6. The Balaban J connectivity index is 1.78. The zero-order valence-electron chi connectivity index (χ0n) is 11.9. The Morgan fingerprint density at radius 1 is 0.783 bits per heavy atom. The molecule has 2 aromatic heterocycles. The maximum atomic E-state index is 11.6. The van der Waals surface area contributed by atoms with Crippen molar-refractivity contribution in [3.63, 3.8) is 0 Å². The molecule has 1 aliphatic rings. The first-order valence-electron chi connectivity index (χ1n) is 6.89. The average molecular weight is 320 g/mol. The lowest BCUT2D eigenvalue weighted by atomic mass is 10.1. The number of carbonyl (C=O) groups excluding carboxylic acids is 2. The number of aromatic nitrogens is 8. The van der Waals surface area contributed by atoms with Crippen molar-refractivity contribution < 1.29 is 19.3 Å². The van der Waals surface area contributed by atoms with Gasteiger partial charge in [0.25, 0.3) is 0 Å². The van der Waals surface area contributed by atoms with E-state index in [0.717, 1.165) is 41.1 Å². The molecule has 0 unspecified atom stereocenters. The van der Waals surface area contributed by atoms with Crippen LogP contribution in [0.1, 0.15) is 30.9 Å². The largest absolute Gasteiger partial charge is 0.358 e. The van der Waals surface area contributed by atoms with Gasteiger partial charge < -0.3 is 9.68 Å². The van der Waals surface area contributed by atoms with Crippen LogP contribution >= 0.6 is 0 Å². The van der Waals surface area contributed by atoms with Crippen molar-refractivity contribution in [3.05, 3.63) is 23.8 Å². The highest BCUT2D eigenvalue weighted by atomic mass is 16.7. The van der Waals surface area contributed by atoms with E-state index in [9.17, 15) is 9.59 Å². The van der Waals surface area contributed by atoms with Crippen LogP contribution in [-0.2, 0) is 22.4 Å². The third kappa shape index (κ3) is 3.72. The molecule has 0 saturated carbocycles. The molecule has 0 N–H and O–H groups in total. The maximum Gasteiger partial charge on any atom is 0.358 e. The fourth-order valence-corrected chi connectivity index (χ4v) is 1.94. The summed E-state index contributed by atoms with van der Waals surface area (Å²) in [5, 5.41) is 21.6. The van der Waals surface area contributed by atoms with Gasteiger partial charge in [0, 0.05) is 25.0 Å². The number of rotatable bonds is 0. The molecule has 3 rings (SSSR count). The second-order valence-corrected chi connectivity index (χ2v) is 4.65. The minimum Gasteiger partial charge on any atom is -0.311 e. The molecule has 2 aromatic rings. The molecule has 120 valence electrons. The fourth-order valence-electron chi connectivity index (χ4n) is 1.94. The Morgan fingerprint density at radius 3 is 1.74 bits per heavy atom. The van der Waals surface area contributed by atoms with Gasteiger partial charge in [-0.25, -0.2) is 9.59 Å². The second kappa shape index (κ2) is 6.72. The standard InChI is InChI=1S/C11H12N8O4/c20-10-6-7-11(21)23-19-9(13-15-17-19)5-3-1-2-4-8-12-14-16-18(8)22-10/h6-7H,1-5H2/b7-6-. The molecule has 0 atom stereocenters. The lowest BCUT2D eigenvalue weighted by molar-refractivity contribution is -0.143. The predicted octanol–water partition coefficient (Wildman–Crippen LogP) is -1.90. The van der Waals surface area contributed by atoms with Crippen molar-refractivity contribution in [1.82, 2.24) is 40.7 Å². The summed E-state index contributed by atoms with van der Waals surface area (Å²) >= 11 is 0. The molecule has 0 radical (unpaired) electrons. The molecule has 12 heteroatoms. The molecule has 0 amide bonds. The molecule has 23 heavy (non-hydrogen) atoms. The topological polar surface area (TPSA) is 140 Å². The number of hydrogen-bond acceptors (Lipinski definition) is 10. The molecule has 1 aliphatic heterocycles. The molecule has 0 bridgehead atoms. The van der Waals surface area contributed by atoms with Gasteiger partial charge in [-0.2, -0.15) is 0 Å². The van der Waals surface area contributed by atoms with Gasteiger partial charge in [-0.1, -0.05) is 16.1 Å². The number of fused-ring (bicyclic) bond motifs is 2. The summed E-state index contributed by atoms with van der Waals surface area (Å²) < 4.78 is 0. The lowest BCUT2D eigenvalue weighted by Gasteiger charge is -2.02. The van der Waals surface area contributed by atoms with Gasteiger partial charge in [-0.3, -0.25) is 0 Å². The highest BCUT2D eigenvalue weighted by Gasteiger charge is 2.14. The normalized spacial score (nSPS) is 17.9. The molecule has 0 fully saturated rings. The molecule has 12 nitrogen and oxygen atoms in total. The summed E-state index contributed by atoms with van der Waals surface area (Å²) in [6.07, 6.45) is 5.31.